The maximum atomic E-state index is 11.9. The van der Waals surface area contributed by atoms with Crippen LogP contribution >= 0.6 is 11.3 Å². The summed E-state index contributed by atoms with van der Waals surface area (Å²) in [6.07, 6.45) is 2.65. The van der Waals surface area contributed by atoms with Crippen LogP contribution in [0, 0.1) is 0 Å². The fourth-order valence-corrected chi connectivity index (χ4v) is 9.48. The summed E-state index contributed by atoms with van der Waals surface area (Å²) in [7, 11) is -3.37. The highest BCUT2D eigenvalue weighted by Gasteiger charge is 2.69. The molecule has 0 amide bonds. The van der Waals surface area contributed by atoms with E-state index in [1.807, 2.05) is 30.3 Å². The van der Waals surface area contributed by atoms with Crippen LogP contribution in [0.1, 0.15) is 30.0 Å². The number of hydrogen-bond acceptors (Lipinski definition) is 13. The number of fused-ring (bicyclic) bond motifs is 4. The average molecular weight is 733 g/mol. The summed E-state index contributed by atoms with van der Waals surface area (Å²) < 4.78 is 46.7. The molecule has 0 saturated carbocycles. The smallest absolute Gasteiger partial charge is 0.229 e. The molecule has 5 fully saturated rings. The molecular formula is C36H44N8O5S2. The molecule has 5 aliphatic heterocycles. The quantitative estimate of drug-likeness (QED) is 0.174. The van der Waals surface area contributed by atoms with Crippen LogP contribution in [-0.4, -0.2) is 108 Å². The normalized spacial score (nSPS) is 30.4. The van der Waals surface area contributed by atoms with Crippen molar-refractivity contribution in [2.24, 2.45) is 0 Å². The van der Waals surface area contributed by atoms with Gasteiger partial charge in [-0.05, 0) is 47.7 Å². The zero-order valence-electron chi connectivity index (χ0n) is 28.7. The number of nitrogens with one attached hydrogen (secondary N) is 2. The van der Waals surface area contributed by atoms with E-state index in [2.05, 4.69) is 79.2 Å². The number of benzene rings is 3. The zero-order valence-corrected chi connectivity index (χ0v) is 30.4. The first-order valence-corrected chi connectivity index (χ1v) is 20.4. The molecule has 1 spiro atoms. The van der Waals surface area contributed by atoms with Crippen molar-refractivity contribution in [3.63, 3.8) is 0 Å². The number of hydrazine groups is 1. The summed E-state index contributed by atoms with van der Waals surface area (Å²) in [5, 5.41) is 9.13. The van der Waals surface area contributed by atoms with Gasteiger partial charge in [0.25, 0.3) is 0 Å². The van der Waals surface area contributed by atoms with Crippen LogP contribution in [0.3, 0.4) is 0 Å². The number of rotatable bonds is 13. The molecule has 7 atom stereocenters. The third kappa shape index (κ3) is 6.76. The molecular weight excluding hydrogens is 689 g/mol. The highest BCUT2D eigenvalue weighted by molar-refractivity contribution is 7.92. The number of nitrogens with zero attached hydrogens (tertiary/aromatic N) is 5. The fourth-order valence-electron chi connectivity index (χ4n) is 8.14. The van der Waals surface area contributed by atoms with E-state index in [1.165, 1.54) is 16.9 Å². The molecule has 15 heteroatoms. The van der Waals surface area contributed by atoms with Gasteiger partial charge in [0.15, 0.2) is 23.3 Å². The van der Waals surface area contributed by atoms with Gasteiger partial charge in [-0.25, -0.2) is 28.3 Å². The van der Waals surface area contributed by atoms with E-state index < -0.39 is 15.7 Å². The highest BCUT2D eigenvalue weighted by atomic mass is 32.2. The van der Waals surface area contributed by atoms with Crippen molar-refractivity contribution >= 4 is 42.4 Å². The molecule has 4 N–H and O–H groups in total. The minimum absolute atomic E-state index is 0.00491. The van der Waals surface area contributed by atoms with Crippen LogP contribution in [0.2, 0.25) is 0 Å². The minimum atomic E-state index is -3.37. The lowest BCUT2D eigenvalue weighted by Crippen LogP contribution is -2.57. The van der Waals surface area contributed by atoms with Gasteiger partial charge in [-0.2, -0.15) is 0 Å². The Hall–Kier alpha value is -3.22. The number of ether oxygens (including phenoxy) is 3. The molecule has 13 nitrogen and oxygen atoms in total. The number of hydrogen-bond donors (Lipinski definition) is 3. The monoisotopic (exact) mass is 732 g/mol. The third-order valence-electron chi connectivity index (χ3n) is 10.5. The number of sulfonamides is 1. The van der Waals surface area contributed by atoms with Crippen molar-refractivity contribution in [2.75, 3.05) is 43.0 Å². The first-order chi connectivity index (χ1) is 24.7. The van der Waals surface area contributed by atoms with Crippen LogP contribution in [0.15, 0.2) is 72.8 Å². The first-order valence-electron chi connectivity index (χ1n) is 17.7. The number of epoxide rings is 3. The largest absolute Gasteiger partial charge is 0.375 e. The Labute approximate surface area is 302 Å². The van der Waals surface area contributed by atoms with Crippen molar-refractivity contribution < 1.29 is 22.6 Å². The molecule has 1 aromatic heterocycles. The molecule has 5 unspecified atom stereocenters. The van der Waals surface area contributed by atoms with E-state index in [0.29, 0.717) is 24.0 Å². The van der Waals surface area contributed by atoms with Gasteiger partial charge < -0.3 is 19.9 Å². The van der Waals surface area contributed by atoms with Gasteiger partial charge in [0.2, 0.25) is 10.0 Å². The van der Waals surface area contributed by atoms with E-state index in [9.17, 15) is 8.42 Å². The predicted molar refractivity (Wildman–Crippen MR) is 195 cm³/mol. The van der Waals surface area contributed by atoms with Gasteiger partial charge in [0.05, 0.1) is 35.8 Å². The topological polar surface area (TPSA) is 148 Å². The maximum Gasteiger partial charge on any atom is 0.229 e. The lowest BCUT2D eigenvalue weighted by atomic mass is 10.00. The molecule has 0 aliphatic carbocycles. The summed E-state index contributed by atoms with van der Waals surface area (Å²) in [6.45, 7) is 6.63. The first kappa shape index (κ1) is 33.6. The van der Waals surface area contributed by atoms with Crippen molar-refractivity contribution in [3.8, 4) is 0 Å². The summed E-state index contributed by atoms with van der Waals surface area (Å²) in [5.41, 5.74) is 10.7. The Balaban J connectivity index is 1.02. The molecule has 0 radical (unpaired) electrons. The second-order valence-corrected chi connectivity index (χ2v) is 17.1. The average Bonchev–Trinajstić information content (AvgIpc) is 4.03. The van der Waals surface area contributed by atoms with Gasteiger partial charge in [-0.1, -0.05) is 72.9 Å². The molecule has 0 bridgehead atoms. The van der Waals surface area contributed by atoms with Crippen molar-refractivity contribution in [1.82, 2.24) is 30.1 Å². The molecule has 5 aliphatic rings. The molecule has 5 saturated heterocycles. The number of para-hydroxylation sites is 1. The molecule has 51 heavy (non-hydrogen) atoms. The van der Waals surface area contributed by atoms with Crippen molar-refractivity contribution in [1.29, 1.82) is 0 Å². The third-order valence-corrected chi connectivity index (χ3v) is 12.0. The Morgan fingerprint density at radius 2 is 1.86 bits per heavy atom. The summed E-state index contributed by atoms with van der Waals surface area (Å²) in [4.78, 5) is 9.74. The maximum absolute atomic E-state index is 11.9. The Morgan fingerprint density at radius 1 is 1.06 bits per heavy atom. The van der Waals surface area contributed by atoms with Crippen LogP contribution in [0.4, 0.5) is 10.8 Å². The number of anilines is 2. The second-order valence-electron chi connectivity index (χ2n) is 14.3. The van der Waals surface area contributed by atoms with E-state index in [0.717, 1.165) is 66.6 Å². The molecule has 4 aromatic rings. The number of aromatic nitrogens is 1. The van der Waals surface area contributed by atoms with E-state index >= 15 is 0 Å². The lowest BCUT2D eigenvalue weighted by molar-refractivity contribution is -0.108. The van der Waals surface area contributed by atoms with Crippen LogP contribution in [-0.2, 0) is 43.7 Å². The molecule has 6 heterocycles. The number of nitrogen functional groups attached to an aromatic ring is 1. The van der Waals surface area contributed by atoms with Gasteiger partial charge in [-0.15, -0.1) is 0 Å². The standard InChI is InChI=1S/C36H44N8O5S2/c1-3-16-42(34-32(49-34)38-18-24-8-5-4-6-9-24)43-21-36(22-47-36)44-27(17-23-12-14-26(15-13-23)40-51(2,45)46)31-33(48-31)41(20-29(43)44)19-25-10-7-11-28-30(25)39-35(37)50-28/h4-15,27,29,31-34,38,40H,3,16-22H2,1-2H3,(H2,37,39)/t27-,29+,31?,32?,33?,34?,36?/m0/s1. The Morgan fingerprint density at radius 3 is 2.61 bits per heavy atom. The van der Waals surface area contributed by atoms with E-state index in [1.54, 1.807) is 0 Å². The SMILES string of the molecule is CCCN(C1OC1NCc1ccccc1)N1CC2(CO2)N2[C@@H]1CN(Cc1cccc3sc(N)nc13)C1OC1[C@@H]2Cc1ccc(NS(C)(=O)=O)cc1. The summed E-state index contributed by atoms with van der Waals surface area (Å²) >= 11 is 1.51. The van der Waals surface area contributed by atoms with Crippen molar-refractivity contribution in [2.45, 2.75) is 75.6 Å². The van der Waals surface area contributed by atoms with Gasteiger partial charge in [0, 0.05) is 37.9 Å². The second kappa shape index (κ2) is 13.0. The van der Waals surface area contributed by atoms with Crippen molar-refractivity contribution in [3.05, 3.63) is 89.5 Å². The molecule has 3 aromatic carbocycles. The van der Waals surface area contributed by atoms with Gasteiger partial charge >= 0.3 is 0 Å². The van der Waals surface area contributed by atoms with Gasteiger partial charge in [-0.3, -0.25) is 14.9 Å². The van der Waals surface area contributed by atoms with Crippen LogP contribution < -0.4 is 15.8 Å². The van der Waals surface area contributed by atoms with Gasteiger partial charge in [0.1, 0.15) is 12.3 Å². The minimum Gasteiger partial charge on any atom is -0.375 e. The molecule has 270 valence electrons. The highest BCUT2D eigenvalue weighted by Crippen LogP contribution is 2.50. The summed E-state index contributed by atoms with van der Waals surface area (Å²) in [5.74, 6) is 0. The summed E-state index contributed by atoms with van der Waals surface area (Å²) in [6, 6.07) is 24.4. The van der Waals surface area contributed by atoms with E-state index in [4.69, 9.17) is 24.9 Å². The lowest BCUT2D eigenvalue weighted by Gasteiger charge is -2.40. The van der Waals surface area contributed by atoms with Crippen LogP contribution in [0.25, 0.3) is 10.2 Å². The fraction of sp³-hybridized carbons (Fsp3) is 0.472. The number of nitrogens with two attached hydrogens (primary N) is 1. The Bertz CT molecular complexity index is 2000. The zero-order chi connectivity index (χ0) is 34.9. The van der Waals surface area contributed by atoms with E-state index in [-0.39, 0.29) is 37.0 Å². The number of thiazole rings is 1. The van der Waals surface area contributed by atoms with Crippen LogP contribution in [0.5, 0.6) is 0 Å². The Kier molecular flexibility index (Phi) is 8.58. The predicted octanol–water partition coefficient (Wildman–Crippen LogP) is 3.17. The molecule has 9 rings (SSSR count).